The molecule has 1 saturated heterocycles. The molecular formula is C30H45INO7-. The van der Waals surface area contributed by atoms with E-state index in [-0.39, 0.29) is 35.1 Å². The Hall–Kier alpha value is -0.690. The van der Waals surface area contributed by atoms with Crippen molar-refractivity contribution < 1.29 is 53.8 Å². The van der Waals surface area contributed by atoms with Crippen molar-refractivity contribution in [1.82, 2.24) is 4.90 Å². The fourth-order valence-electron chi connectivity index (χ4n) is 7.78. The van der Waals surface area contributed by atoms with E-state index in [1.807, 2.05) is 6.07 Å². The zero-order valence-electron chi connectivity index (χ0n) is 23.6. The van der Waals surface area contributed by atoms with Crippen LogP contribution in [-0.2, 0) is 24.4 Å². The standard InChI is InChI=1S/C30H45INO7/c1-28(2,12-14-33)39-31-22-9-10-30(34)24-17-21-7-8-23(37-19-36-16-15-35-3)26-25(21)29(30,27(22)38-26)11-13-32(24)18-20-5-4-6-20/h7-8,20,22,24,27,33-34H,4-6,9-19H2,1-3H3/q-1/t22?,24-,27?,29+,30-/m1/s1. The van der Waals surface area contributed by atoms with E-state index >= 15 is 0 Å². The first-order valence-corrected chi connectivity index (χ1v) is 16.9. The molecule has 2 unspecified atom stereocenters. The van der Waals surface area contributed by atoms with Crippen LogP contribution in [0, 0.1) is 5.92 Å². The Morgan fingerprint density at radius 1 is 1.18 bits per heavy atom. The first-order chi connectivity index (χ1) is 18.8. The van der Waals surface area contributed by atoms with Crippen molar-refractivity contribution in [3.05, 3.63) is 23.3 Å². The molecule has 39 heavy (non-hydrogen) atoms. The van der Waals surface area contributed by atoms with Crippen LogP contribution in [0.15, 0.2) is 12.1 Å². The molecule has 220 valence electrons. The maximum atomic E-state index is 12.8. The molecule has 9 heteroatoms. The van der Waals surface area contributed by atoms with Crippen molar-refractivity contribution in [1.29, 1.82) is 0 Å². The van der Waals surface area contributed by atoms with Crippen molar-refractivity contribution in [2.24, 2.45) is 5.92 Å². The first-order valence-electron chi connectivity index (χ1n) is 14.7. The molecule has 1 spiro atoms. The molecule has 6 rings (SSSR count). The number of piperidine rings is 1. The van der Waals surface area contributed by atoms with Gasteiger partial charge in [-0.25, -0.2) is 0 Å². The molecule has 8 nitrogen and oxygen atoms in total. The van der Waals surface area contributed by atoms with Gasteiger partial charge in [0.05, 0.1) is 0 Å². The van der Waals surface area contributed by atoms with Gasteiger partial charge in [-0.3, -0.25) is 0 Å². The normalized spacial score (nSPS) is 33.5. The molecule has 3 fully saturated rings. The molecular weight excluding hydrogens is 613 g/mol. The molecule has 0 radical (unpaired) electrons. The number of aliphatic hydroxyl groups excluding tert-OH is 1. The first kappa shape index (κ1) is 28.4. The second kappa shape index (κ2) is 11.2. The summed E-state index contributed by atoms with van der Waals surface area (Å²) in [6, 6.07) is 4.35. The van der Waals surface area contributed by atoms with Crippen LogP contribution < -0.4 is 31.1 Å². The van der Waals surface area contributed by atoms with E-state index in [9.17, 15) is 10.2 Å². The quantitative estimate of drug-likeness (QED) is 0.135. The summed E-state index contributed by atoms with van der Waals surface area (Å²) >= 11 is -0.681. The predicted molar refractivity (Wildman–Crippen MR) is 142 cm³/mol. The number of hydrogen-bond acceptors (Lipinski definition) is 8. The number of ether oxygens (including phenoxy) is 4. The molecule has 0 aromatic heterocycles. The number of methoxy groups -OCH3 is 1. The third-order valence-electron chi connectivity index (χ3n) is 10.0. The van der Waals surface area contributed by atoms with Crippen molar-refractivity contribution in [3.8, 4) is 11.5 Å². The molecule has 0 amide bonds. The number of aliphatic hydroxyl groups is 2. The average molecular weight is 659 g/mol. The molecule has 2 aliphatic heterocycles. The van der Waals surface area contributed by atoms with Gasteiger partial charge in [0.2, 0.25) is 0 Å². The molecule has 5 atom stereocenters. The summed E-state index contributed by atoms with van der Waals surface area (Å²) in [6.07, 6.45) is 7.89. The van der Waals surface area contributed by atoms with Gasteiger partial charge in [0.25, 0.3) is 0 Å². The molecule has 2 N–H and O–H groups in total. The Morgan fingerprint density at radius 2 is 2.03 bits per heavy atom. The molecule has 2 bridgehead atoms. The number of benzene rings is 1. The monoisotopic (exact) mass is 658 g/mol. The summed E-state index contributed by atoms with van der Waals surface area (Å²) in [5.74, 6) is 2.28. The Labute approximate surface area is 243 Å². The summed E-state index contributed by atoms with van der Waals surface area (Å²) in [6.45, 7) is 7.46. The Kier molecular flexibility index (Phi) is 8.16. The van der Waals surface area contributed by atoms with Crippen molar-refractivity contribution in [2.45, 2.75) is 97.9 Å². The van der Waals surface area contributed by atoms with Crippen LogP contribution in [0.25, 0.3) is 0 Å². The second-order valence-corrected chi connectivity index (χ2v) is 15.3. The van der Waals surface area contributed by atoms with E-state index in [1.54, 1.807) is 7.11 Å². The zero-order chi connectivity index (χ0) is 27.3. The fraction of sp³-hybridized carbons (Fsp3) is 0.800. The number of halogens is 1. The van der Waals surface area contributed by atoms with Crippen molar-refractivity contribution in [2.75, 3.05) is 46.8 Å². The summed E-state index contributed by atoms with van der Waals surface area (Å²) in [7, 11) is 1.66. The van der Waals surface area contributed by atoms with Gasteiger partial charge in [-0.1, -0.05) is 0 Å². The number of likely N-dealkylation sites (tertiary alicyclic amines) is 1. The van der Waals surface area contributed by atoms with Gasteiger partial charge < -0.3 is 0 Å². The summed E-state index contributed by atoms with van der Waals surface area (Å²) in [5.41, 5.74) is 0.853. The Morgan fingerprint density at radius 3 is 2.77 bits per heavy atom. The molecule has 2 saturated carbocycles. The molecule has 2 heterocycles. The van der Waals surface area contributed by atoms with Crippen LogP contribution in [0.1, 0.15) is 69.9 Å². The number of hydrogen-bond donors (Lipinski definition) is 2. The van der Waals surface area contributed by atoms with E-state index in [0.29, 0.717) is 25.4 Å². The van der Waals surface area contributed by atoms with E-state index < -0.39 is 32.6 Å². The van der Waals surface area contributed by atoms with Crippen LogP contribution in [0.3, 0.4) is 0 Å². The van der Waals surface area contributed by atoms with Crippen LogP contribution in [0.5, 0.6) is 11.5 Å². The molecule has 3 aliphatic carbocycles. The number of rotatable bonds is 13. The fourth-order valence-corrected chi connectivity index (χ4v) is 10.6. The summed E-state index contributed by atoms with van der Waals surface area (Å²) < 4.78 is 30.5. The third-order valence-corrected chi connectivity index (χ3v) is 13.4. The van der Waals surface area contributed by atoms with Crippen LogP contribution in [-0.4, -0.2) is 89.2 Å². The number of nitrogens with zero attached hydrogens (tertiary/aromatic N) is 1. The molecule has 1 aromatic carbocycles. The summed E-state index contributed by atoms with van der Waals surface area (Å²) in [4.78, 5) is 2.62. The summed E-state index contributed by atoms with van der Waals surface area (Å²) in [5, 5.41) is 22.3. The van der Waals surface area contributed by atoms with Gasteiger partial charge in [-0.15, -0.1) is 0 Å². The van der Waals surface area contributed by atoms with Crippen LogP contribution >= 0.6 is 0 Å². The molecule has 5 aliphatic rings. The van der Waals surface area contributed by atoms with E-state index in [4.69, 9.17) is 22.0 Å². The van der Waals surface area contributed by atoms with Crippen LogP contribution in [0.4, 0.5) is 0 Å². The Balaban J connectivity index is 1.33. The maximum absolute atomic E-state index is 12.8. The third kappa shape index (κ3) is 4.81. The van der Waals surface area contributed by atoms with Crippen molar-refractivity contribution >= 4 is 0 Å². The number of alkyl halides is 1. The predicted octanol–water partition coefficient (Wildman–Crippen LogP) is 0.190. The van der Waals surface area contributed by atoms with Gasteiger partial charge in [-0.2, -0.15) is 0 Å². The minimum atomic E-state index is -0.827. The SMILES string of the molecule is COCCOCOc1ccc2c3c1OC1C([I-]OC(C)(C)CCO)CC[C@@]4(O)[C@@H](C2)N(CC2CCC2)CC[C@]314. The van der Waals surface area contributed by atoms with E-state index in [0.717, 1.165) is 50.4 Å². The van der Waals surface area contributed by atoms with Gasteiger partial charge >= 0.3 is 244 Å². The Bertz CT molecular complexity index is 1030. The second-order valence-electron chi connectivity index (χ2n) is 12.7. The van der Waals surface area contributed by atoms with Gasteiger partial charge in [0.15, 0.2) is 0 Å². The molecule has 1 aromatic rings. The topological polar surface area (TPSA) is 89.9 Å². The van der Waals surface area contributed by atoms with Crippen LogP contribution in [0.2, 0.25) is 0 Å². The van der Waals surface area contributed by atoms with E-state index in [2.05, 4.69) is 24.8 Å². The zero-order valence-corrected chi connectivity index (χ0v) is 25.8. The minimum absolute atomic E-state index is 0.117. The van der Waals surface area contributed by atoms with Gasteiger partial charge in [-0.05, 0) is 0 Å². The van der Waals surface area contributed by atoms with Gasteiger partial charge in [0, 0.05) is 0 Å². The van der Waals surface area contributed by atoms with Crippen molar-refractivity contribution in [3.63, 3.8) is 0 Å². The van der Waals surface area contributed by atoms with Gasteiger partial charge in [0.1, 0.15) is 0 Å². The van der Waals surface area contributed by atoms with E-state index in [1.165, 1.54) is 30.4 Å². The average Bonchev–Trinajstić information content (AvgIpc) is 3.23.